The second-order valence-electron chi connectivity index (χ2n) is 7.41. The number of nitrogens with zero attached hydrogens (tertiary/aromatic N) is 2. The van der Waals surface area contributed by atoms with Crippen LogP contribution in [0.3, 0.4) is 0 Å². The summed E-state index contributed by atoms with van der Waals surface area (Å²) in [7, 11) is 0. The SMILES string of the molecule is CC(C)(O)CNC(=O)c1cccc2cnc(NC3CCCCC3)nc12. The molecule has 0 saturated heterocycles. The van der Waals surface area contributed by atoms with Gasteiger partial charge in [0.1, 0.15) is 0 Å². The molecular formula is C19H26N4O2. The molecule has 1 amide bonds. The van der Waals surface area contributed by atoms with Gasteiger partial charge in [0.25, 0.3) is 5.91 Å². The molecular weight excluding hydrogens is 316 g/mol. The fourth-order valence-electron chi connectivity index (χ4n) is 3.13. The van der Waals surface area contributed by atoms with Crippen LogP contribution in [0, 0.1) is 0 Å². The summed E-state index contributed by atoms with van der Waals surface area (Å²) in [5, 5.41) is 16.8. The standard InChI is InChI=1S/C19H26N4O2/c1-19(2,25)12-21-17(24)15-10-6-7-13-11-20-18(23-16(13)15)22-14-8-4-3-5-9-14/h6-7,10-11,14,25H,3-5,8-9,12H2,1-2H3,(H,21,24)(H,20,22,23). The Balaban J connectivity index is 1.83. The van der Waals surface area contributed by atoms with Crippen LogP contribution in [0.2, 0.25) is 0 Å². The third-order valence-corrected chi connectivity index (χ3v) is 4.48. The Morgan fingerprint density at radius 2 is 2.04 bits per heavy atom. The number of aromatic nitrogens is 2. The number of anilines is 1. The van der Waals surface area contributed by atoms with E-state index in [2.05, 4.69) is 20.6 Å². The number of fused-ring (bicyclic) bond motifs is 1. The molecule has 134 valence electrons. The van der Waals surface area contributed by atoms with Crippen molar-refractivity contribution in [3.05, 3.63) is 30.0 Å². The van der Waals surface area contributed by atoms with Crippen molar-refractivity contribution in [2.75, 3.05) is 11.9 Å². The largest absolute Gasteiger partial charge is 0.389 e. The topological polar surface area (TPSA) is 87.1 Å². The normalized spacial score (nSPS) is 16.0. The molecule has 1 aromatic carbocycles. The second-order valence-corrected chi connectivity index (χ2v) is 7.41. The summed E-state index contributed by atoms with van der Waals surface area (Å²) in [6.45, 7) is 3.50. The number of aliphatic hydroxyl groups is 1. The van der Waals surface area contributed by atoms with E-state index < -0.39 is 5.60 Å². The summed E-state index contributed by atoms with van der Waals surface area (Å²) >= 11 is 0. The highest BCUT2D eigenvalue weighted by atomic mass is 16.3. The average molecular weight is 342 g/mol. The van der Waals surface area contributed by atoms with Crippen molar-refractivity contribution in [1.29, 1.82) is 0 Å². The highest BCUT2D eigenvalue weighted by molar-refractivity contribution is 6.05. The Labute approximate surface area is 148 Å². The lowest BCUT2D eigenvalue weighted by Crippen LogP contribution is -2.38. The fraction of sp³-hybridized carbons (Fsp3) is 0.526. The number of hydrogen-bond donors (Lipinski definition) is 3. The number of carbonyl (C=O) groups excluding carboxylic acids is 1. The molecule has 1 heterocycles. The molecule has 0 aliphatic heterocycles. The summed E-state index contributed by atoms with van der Waals surface area (Å²) in [6.07, 6.45) is 7.78. The molecule has 0 radical (unpaired) electrons. The first-order chi connectivity index (χ1) is 11.9. The lowest BCUT2D eigenvalue weighted by Gasteiger charge is -2.22. The Morgan fingerprint density at radius 3 is 2.76 bits per heavy atom. The molecule has 6 nitrogen and oxygen atoms in total. The minimum atomic E-state index is -0.955. The number of carbonyl (C=O) groups is 1. The number of benzene rings is 1. The van der Waals surface area contributed by atoms with Gasteiger partial charge in [-0.25, -0.2) is 9.97 Å². The quantitative estimate of drug-likeness (QED) is 0.778. The molecule has 25 heavy (non-hydrogen) atoms. The first kappa shape index (κ1) is 17.6. The van der Waals surface area contributed by atoms with Gasteiger partial charge in [0.2, 0.25) is 5.95 Å². The monoisotopic (exact) mass is 342 g/mol. The lowest BCUT2D eigenvalue weighted by atomic mass is 9.96. The highest BCUT2D eigenvalue weighted by Gasteiger charge is 2.18. The second kappa shape index (κ2) is 7.35. The molecule has 0 atom stereocenters. The number of amides is 1. The molecule has 1 aliphatic rings. The van der Waals surface area contributed by atoms with Gasteiger partial charge >= 0.3 is 0 Å². The van der Waals surface area contributed by atoms with Crippen LogP contribution in [0.1, 0.15) is 56.3 Å². The number of nitrogens with one attached hydrogen (secondary N) is 2. The van der Waals surface area contributed by atoms with Gasteiger partial charge in [-0.3, -0.25) is 4.79 Å². The van der Waals surface area contributed by atoms with E-state index in [9.17, 15) is 9.90 Å². The molecule has 0 bridgehead atoms. The maximum Gasteiger partial charge on any atom is 0.253 e. The average Bonchev–Trinajstić information content (AvgIpc) is 2.59. The molecule has 1 fully saturated rings. The van der Waals surface area contributed by atoms with Crippen molar-refractivity contribution in [2.45, 2.75) is 57.6 Å². The number of para-hydroxylation sites is 1. The summed E-state index contributed by atoms with van der Waals surface area (Å²) in [5.41, 5.74) is 0.169. The lowest BCUT2D eigenvalue weighted by molar-refractivity contribution is 0.0695. The van der Waals surface area contributed by atoms with Gasteiger partial charge in [-0.05, 0) is 32.8 Å². The van der Waals surface area contributed by atoms with Gasteiger partial charge in [0, 0.05) is 24.2 Å². The molecule has 6 heteroatoms. The predicted molar refractivity (Wildman–Crippen MR) is 98.7 cm³/mol. The van der Waals surface area contributed by atoms with Gasteiger partial charge in [-0.2, -0.15) is 0 Å². The summed E-state index contributed by atoms with van der Waals surface area (Å²) in [5.74, 6) is 0.331. The zero-order chi connectivity index (χ0) is 17.9. The molecule has 1 saturated carbocycles. The van der Waals surface area contributed by atoms with Crippen LogP contribution in [0.4, 0.5) is 5.95 Å². The third-order valence-electron chi connectivity index (χ3n) is 4.48. The van der Waals surface area contributed by atoms with Crippen LogP contribution < -0.4 is 10.6 Å². The van der Waals surface area contributed by atoms with Crippen LogP contribution in [-0.4, -0.2) is 39.2 Å². The van der Waals surface area contributed by atoms with E-state index in [1.807, 2.05) is 12.1 Å². The summed E-state index contributed by atoms with van der Waals surface area (Å²) in [6, 6.07) is 5.87. The van der Waals surface area contributed by atoms with E-state index in [1.165, 1.54) is 19.3 Å². The van der Waals surface area contributed by atoms with Gasteiger partial charge < -0.3 is 15.7 Å². The van der Waals surface area contributed by atoms with E-state index in [0.717, 1.165) is 18.2 Å². The van der Waals surface area contributed by atoms with Crippen LogP contribution in [0.25, 0.3) is 10.9 Å². The molecule has 1 aliphatic carbocycles. The van der Waals surface area contributed by atoms with Crippen molar-refractivity contribution >= 4 is 22.8 Å². The number of rotatable bonds is 5. The molecule has 3 rings (SSSR count). The first-order valence-electron chi connectivity index (χ1n) is 8.95. The van der Waals surface area contributed by atoms with Gasteiger partial charge in [0.05, 0.1) is 16.7 Å². The maximum atomic E-state index is 12.5. The Hall–Kier alpha value is -2.21. The summed E-state index contributed by atoms with van der Waals surface area (Å²) < 4.78 is 0. The molecule has 0 unspecified atom stereocenters. The minimum Gasteiger partial charge on any atom is -0.389 e. The van der Waals surface area contributed by atoms with Crippen LogP contribution >= 0.6 is 0 Å². The highest BCUT2D eigenvalue weighted by Crippen LogP contribution is 2.22. The van der Waals surface area contributed by atoms with E-state index in [-0.39, 0.29) is 12.5 Å². The number of hydrogen-bond acceptors (Lipinski definition) is 5. The molecule has 3 N–H and O–H groups in total. The Morgan fingerprint density at radius 1 is 1.28 bits per heavy atom. The molecule has 1 aromatic heterocycles. The van der Waals surface area contributed by atoms with Gasteiger partial charge in [0.15, 0.2) is 0 Å². The van der Waals surface area contributed by atoms with Crippen LogP contribution in [-0.2, 0) is 0 Å². The maximum absolute atomic E-state index is 12.5. The third kappa shape index (κ3) is 4.66. The van der Waals surface area contributed by atoms with E-state index >= 15 is 0 Å². The van der Waals surface area contributed by atoms with E-state index in [4.69, 9.17) is 0 Å². The minimum absolute atomic E-state index is 0.181. The van der Waals surface area contributed by atoms with Crippen molar-refractivity contribution < 1.29 is 9.90 Å². The van der Waals surface area contributed by atoms with Crippen molar-refractivity contribution in [2.24, 2.45) is 0 Å². The van der Waals surface area contributed by atoms with E-state index in [0.29, 0.717) is 23.1 Å². The van der Waals surface area contributed by atoms with Crippen molar-refractivity contribution in [1.82, 2.24) is 15.3 Å². The predicted octanol–water partition coefficient (Wildman–Crippen LogP) is 2.88. The Bertz CT molecular complexity index is 749. The zero-order valence-corrected chi connectivity index (χ0v) is 14.9. The molecule has 2 aromatic rings. The van der Waals surface area contributed by atoms with Crippen molar-refractivity contribution in [3.63, 3.8) is 0 Å². The van der Waals surface area contributed by atoms with E-state index in [1.54, 1.807) is 26.1 Å². The van der Waals surface area contributed by atoms with Crippen LogP contribution in [0.5, 0.6) is 0 Å². The van der Waals surface area contributed by atoms with Crippen molar-refractivity contribution in [3.8, 4) is 0 Å². The van der Waals surface area contributed by atoms with Crippen LogP contribution in [0.15, 0.2) is 24.4 Å². The first-order valence-corrected chi connectivity index (χ1v) is 8.95. The Kier molecular flexibility index (Phi) is 5.18. The smallest absolute Gasteiger partial charge is 0.253 e. The van der Waals surface area contributed by atoms with Gasteiger partial charge in [-0.1, -0.05) is 31.4 Å². The summed E-state index contributed by atoms with van der Waals surface area (Å²) in [4.78, 5) is 21.5. The fourth-order valence-corrected chi connectivity index (χ4v) is 3.13. The van der Waals surface area contributed by atoms with Gasteiger partial charge in [-0.15, -0.1) is 0 Å². The molecule has 0 spiro atoms. The zero-order valence-electron chi connectivity index (χ0n) is 14.9.